The summed E-state index contributed by atoms with van der Waals surface area (Å²) in [5.41, 5.74) is 0.565. The second-order valence-corrected chi connectivity index (χ2v) is 4.38. The van der Waals surface area contributed by atoms with Crippen LogP contribution in [0.5, 0.6) is 0 Å². The van der Waals surface area contributed by atoms with Crippen LogP contribution in [-0.4, -0.2) is 16.5 Å². The lowest BCUT2D eigenvalue weighted by Gasteiger charge is -2.11. The van der Waals surface area contributed by atoms with Gasteiger partial charge in [0.15, 0.2) is 0 Å². The first-order chi connectivity index (χ1) is 9.41. The van der Waals surface area contributed by atoms with Crippen LogP contribution in [0.15, 0.2) is 30.3 Å². The number of rotatable bonds is 3. The van der Waals surface area contributed by atoms with Gasteiger partial charge in [0.25, 0.3) is 0 Å². The number of anilines is 1. The van der Waals surface area contributed by atoms with E-state index in [2.05, 4.69) is 15.3 Å². The smallest absolute Gasteiger partial charge is 0.370 e. The van der Waals surface area contributed by atoms with Crippen LogP contribution >= 0.6 is 11.6 Å². The van der Waals surface area contributed by atoms with E-state index in [0.29, 0.717) is 17.1 Å². The fourth-order valence-electron chi connectivity index (χ4n) is 1.65. The minimum Gasteiger partial charge on any atom is -0.370 e. The van der Waals surface area contributed by atoms with Crippen molar-refractivity contribution in [2.75, 3.05) is 11.9 Å². The summed E-state index contributed by atoms with van der Waals surface area (Å²) in [6, 6.07) is 8.03. The quantitative estimate of drug-likeness (QED) is 0.921. The number of nitrogens with one attached hydrogen (secondary N) is 1. The van der Waals surface area contributed by atoms with E-state index < -0.39 is 12.0 Å². The maximum atomic E-state index is 12.8. The molecule has 0 saturated heterocycles. The van der Waals surface area contributed by atoms with E-state index in [4.69, 9.17) is 11.6 Å². The Balaban J connectivity index is 2.58. The third-order valence-electron chi connectivity index (χ3n) is 2.49. The average Bonchev–Trinajstić information content (AvgIpc) is 2.38. The van der Waals surface area contributed by atoms with Gasteiger partial charge in [0.05, 0.1) is 5.69 Å². The first kappa shape index (κ1) is 14.6. The number of nitrogens with zero attached hydrogens (tertiary/aromatic N) is 2. The lowest BCUT2D eigenvalue weighted by atomic mass is 10.1. The third kappa shape index (κ3) is 3.19. The van der Waals surface area contributed by atoms with Crippen LogP contribution in [-0.2, 0) is 6.18 Å². The van der Waals surface area contributed by atoms with Gasteiger partial charge in [-0.1, -0.05) is 29.8 Å². The minimum atomic E-state index is -4.61. The molecule has 0 aliphatic heterocycles. The molecule has 7 heteroatoms. The number of halogens is 4. The van der Waals surface area contributed by atoms with Crippen molar-refractivity contribution >= 4 is 17.4 Å². The number of alkyl halides is 3. The maximum absolute atomic E-state index is 12.8. The summed E-state index contributed by atoms with van der Waals surface area (Å²) in [4.78, 5) is 7.02. The summed E-state index contributed by atoms with van der Waals surface area (Å²) >= 11 is 5.99. The summed E-state index contributed by atoms with van der Waals surface area (Å²) in [7, 11) is 0. The average molecular weight is 302 g/mol. The van der Waals surface area contributed by atoms with Gasteiger partial charge in [-0.2, -0.15) is 13.2 Å². The standard InChI is InChI=1S/C13H11ClF3N3/c1-2-18-11-7-10(8-5-3-4-6-9(8)14)19-12(20-11)13(15,16)17/h3-7H,2H2,1H3,(H,18,19,20). The molecule has 0 saturated carbocycles. The highest BCUT2D eigenvalue weighted by Crippen LogP contribution is 2.32. The van der Waals surface area contributed by atoms with Crippen molar-refractivity contribution in [1.29, 1.82) is 0 Å². The molecule has 3 nitrogen and oxygen atoms in total. The molecule has 0 aliphatic carbocycles. The first-order valence-electron chi connectivity index (χ1n) is 5.87. The normalized spacial score (nSPS) is 11.4. The molecule has 1 aromatic carbocycles. The second-order valence-electron chi connectivity index (χ2n) is 3.97. The van der Waals surface area contributed by atoms with Crippen molar-refractivity contribution < 1.29 is 13.2 Å². The molecule has 0 bridgehead atoms. The predicted molar refractivity (Wildman–Crippen MR) is 71.6 cm³/mol. The molecule has 2 rings (SSSR count). The third-order valence-corrected chi connectivity index (χ3v) is 2.82. The zero-order valence-corrected chi connectivity index (χ0v) is 11.3. The number of hydrogen-bond donors (Lipinski definition) is 1. The van der Waals surface area contributed by atoms with Gasteiger partial charge in [-0.25, -0.2) is 9.97 Å². The topological polar surface area (TPSA) is 37.8 Å². The fraction of sp³-hybridized carbons (Fsp3) is 0.231. The molecule has 20 heavy (non-hydrogen) atoms. The monoisotopic (exact) mass is 301 g/mol. The van der Waals surface area contributed by atoms with Gasteiger partial charge in [0.1, 0.15) is 5.82 Å². The Bertz CT molecular complexity index is 614. The molecule has 0 aliphatic rings. The van der Waals surface area contributed by atoms with Crippen molar-refractivity contribution in [2.24, 2.45) is 0 Å². The van der Waals surface area contributed by atoms with Crippen molar-refractivity contribution in [3.05, 3.63) is 41.2 Å². The fourth-order valence-corrected chi connectivity index (χ4v) is 1.89. The van der Waals surface area contributed by atoms with E-state index in [1.165, 1.54) is 6.07 Å². The van der Waals surface area contributed by atoms with Gasteiger partial charge in [-0.3, -0.25) is 0 Å². The number of benzene rings is 1. The van der Waals surface area contributed by atoms with Crippen LogP contribution in [0.1, 0.15) is 12.7 Å². The van der Waals surface area contributed by atoms with Crippen LogP contribution in [0.3, 0.4) is 0 Å². The van der Waals surface area contributed by atoms with E-state index in [-0.39, 0.29) is 11.5 Å². The molecule has 1 N–H and O–H groups in total. The Labute approximate surface area is 118 Å². The predicted octanol–water partition coefficient (Wildman–Crippen LogP) is 4.25. The van der Waals surface area contributed by atoms with Crippen LogP contribution in [0.4, 0.5) is 19.0 Å². The van der Waals surface area contributed by atoms with Gasteiger partial charge in [0.2, 0.25) is 5.82 Å². The highest BCUT2D eigenvalue weighted by molar-refractivity contribution is 6.33. The summed E-state index contributed by atoms with van der Waals surface area (Å²) in [6.07, 6.45) is -4.61. The zero-order chi connectivity index (χ0) is 14.8. The molecule has 106 valence electrons. The minimum absolute atomic E-state index is 0.116. The van der Waals surface area contributed by atoms with E-state index in [1.54, 1.807) is 31.2 Å². The summed E-state index contributed by atoms with van der Waals surface area (Å²) in [5.74, 6) is -1.07. The summed E-state index contributed by atoms with van der Waals surface area (Å²) < 4.78 is 38.5. The van der Waals surface area contributed by atoms with Gasteiger partial charge >= 0.3 is 6.18 Å². The van der Waals surface area contributed by atoms with Gasteiger partial charge in [0, 0.05) is 23.2 Å². The van der Waals surface area contributed by atoms with Crippen LogP contribution in [0.25, 0.3) is 11.3 Å². The molecule has 0 fully saturated rings. The van der Waals surface area contributed by atoms with Crippen molar-refractivity contribution in [2.45, 2.75) is 13.1 Å². The van der Waals surface area contributed by atoms with E-state index in [9.17, 15) is 13.2 Å². The molecular formula is C13H11ClF3N3. The lowest BCUT2D eigenvalue weighted by molar-refractivity contribution is -0.144. The van der Waals surface area contributed by atoms with Crippen LogP contribution < -0.4 is 5.32 Å². The molecule has 0 spiro atoms. The van der Waals surface area contributed by atoms with Crippen LogP contribution in [0.2, 0.25) is 5.02 Å². The highest BCUT2D eigenvalue weighted by Gasteiger charge is 2.35. The summed E-state index contributed by atoms with van der Waals surface area (Å²) in [5, 5.41) is 3.09. The van der Waals surface area contributed by atoms with Gasteiger partial charge in [-0.15, -0.1) is 0 Å². The second kappa shape index (κ2) is 5.66. The highest BCUT2D eigenvalue weighted by atomic mass is 35.5. The molecule has 2 aromatic rings. The SMILES string of the molecule is CCNc1cc(-c2ccccc2Cl)nc(C(F)(F)F)n1. The van der Waals surface area contributed by atoms with Crippen molar-refractivity contribution in [1.82, 2.24) is 9.97 Å². The first-order valence-corrected chi connectivity index (χ1v) is 6.24. The molecule has 0 unspecified atom stereocenters. The number of aromatic nitrogens is 2. The molecule has 0 atom stereocenters. The van der Waals surface area contributed by atoms with E-state index in [0.717, 1.165) is 0 Å². The van der Waals surface area contributed by atoms with Gasteiger partial charge < -0.3 is 5.32 Å². The lowest BCUT2D eigenvalue weighted by Crippen LogP contribution is -2.13. The summed E-state index contributed by atoms with van der Waals surface area (Å²) in [6.45, 7) is 2.22. The van der Waals surface area contributed by atoms with E-state index in [1.807, 2.05) is 0 Å². The van der Waals surface area contributed by atoms with E-state index >= 15 is 0 Å². The molecule has 0 amide bonds. The largest absolute Gasteiger partial charge is 0.451 e. The number of hydrogen-bond acceptors (Lipinski definition) is 3. The van der Waals surface area contributed by atoms with Gasteiger partial charge in [-0.05, 0) is 13.0 Å². The Kier molecular flexibility index (Phi) is 4.13. The molecule has 0 radical (unpaired) electrons. The molecule has 1 aromatic heterocycles. The van der Waals surface area contributed by atoms with Crippen molar-refractivity contribution in [3.8, 4) is 11.3 Å². The zero-order valence-electron chi connectivity index (χ0n) is 10.5. The van der Waals surface area contributed by atoms with Crippen molar-refractivity contribution in [3.63, 3.8) is 0 Å². The molecule has 1 heterocycles. The Morgan fingerprint density at radius 1 is 1.20 bits per heavy atom. The molecular weight excluding hydrogens is 291 g/mol. The Hall–Kier alpha value is -1.82. The Morgan fingerprint density at radius 3 is 2.50 bits per heavy atom. The maximum Gasteiger partial charge on any atom is 0.451 e. The van der Waals surface area contributed by atoms with Crippen LogP contribution in [0, 0.1) is 0 Å². The Morgan fingerprint density at radius 2 is 1.90 bits per heavy atom.